The van der Waals surface area contributed by atoms with E-state index in [2.05, 4.69) is 0 Å². The van der Waals surface area contributed by atoms with Gasteiger partial charge in [-0.3, -0.25) is 4.79 Å². The molecule has 0 aromatic heterocycles. The van der Waals surface area contributed by atoms with Gasteiger partial charge in [0.15, 0.2) is 0 Å². The molecule has 0 bridgehead atoms. The molecule has 0 spiro atoms. The van der Waals surface area contributed by atoms with Gasteiger partial charge in [0.05, 0.1) is 0 Å². The lowest BCUT2D eigenvalue weighted by molar-refractivity contribution is -0.129. The molecule has 1 aromatic carbocycles. The van der Waals surface area contributed by atoms with E-state index in [9.17, 15) is 4.79 Å². The Balaban J connectivity index is 2.65. The van der Waals surface area contributed by atoms with E-state index >= 15 is 0 Å². The van der Waals surface area contributed by atoms with E-state index in [0.717, 1.165) is 5.56 Å². The number of benzene rings is 1. The maximum atomic E-state index is 11.5. The van der Waals surface area contributed by atoms with Crippen molar-refractivity contribution in [3.05, 3.63) is 35.9 Å². The molecule has 0 aliphatic carbocycles. The Morgan fingerprint density at radius 3 is 2.27 bits per heavy atom. The molecule has 0 radical (unpaired) electrons. The van der Waals surface area contributed by atoms with E-state index in [0.29, 0.717) is 6.54 Å². The van der Waals surface area contributed by atoms with Crippen LogP contribution in [0.5, 0.6) is 0 Å². The first-order valence-electron chi connectivity index (χ1n) is 4.27. The van der Waals surface area contributed by atoms with E-state index in [1.807, 2.05) is 30.3 Å². The number of amides is 1. The van der Waals surface area contributed by atoms with Gasteiger partial charge in [-0.05, 0) is 5.56 Å². The lowest BCUT2D eigenvalue weighted by atomic mass is 10.2. The minimum absolute atomic E-state index is 0.424. The second-order valence-corrected chi connectivity index (χ2v) is 5.43. The zero-order valence-corrected chi connectivity index (χ0v) is 10.4. The minimum Gasteiger partial charge on any atom is -0.338 e. The zero-order chi connectivity index (χ0) is 11.5. The molecular formula is C10H10Cl3NO. The highest BCUT2D eigenvalue weighted by Crippen LogP contribution is 2.28. The summed E-state index contributed by atoms with van der Waals surface area (Å²) in [5, 5.41) is 0. The number of carbonyl (C=O) groups is 1. The maximum absolute atomic E-state index is 11.5. The predicted octanol–water partition coefficient (Wildman–Crippen LogP) is 3.02. The fourth-order valence-corrected chi connectivity index (χ4v) is 1.58. The molecule has 0 fully saturated rings. The van der Waals surface area contributed by atoms with Crippen LogP contribution < -0.4 is 0 Å². The first-order chi connectivity index (χ1) is 6.91. The molecule has 0 aliphatic rings. The van der Waals surface area contributed by atoms with Gasteiger partial charge in [-0.25, -0.2) is 0 Å². The van der Waals surface area contributed by atoms with Crippen LogP contribution in [0.15, 0.2) is 30.3 Å². The topological polar surface area (TPSA) is 20.3 Å². The molecule has 82 valence electrons. The van der Waals surface area contributed by atoms with Crippen LogP contribution in [0.2, 0.25) is 0 Å². The number of halogens is 3. The highest BCUT2D eigenvalue weighted by Gasteiger charge is 2.33. The van der Waals surface area contributed by atoms with E-state index in [4.69, 9.17) is 34.8 Å². The smallest absolute Gasteiger partial charge is 0.274 e. The van der Waals surface area contributed by atoms with Crippen molar-refractivity contribution in [2.24, 2.45) is 0 Å². The molecule has 1 amide bonds. The largest absolute Gasteiger partial charge is 0.338 e. The fraction of sp³-hybridized carbons (Fsp3) is 0.300. The van der Waals surface area contributed by atoms with E-state index < -0.39 is 9.70 Å². The van der Waals surface area contributed by atoms with Gasteiger partial charge in [0.25, 0.3) is 9.70 Å². The third-order valence-corrected chi connectivity index (χ3v) is 2.34. The van der Waals surface area contributed by atoms with Gasteiger partial charge >= 0.3 is 0 Å². The molecule has 0 atom stereocenters. The van der Waals surface area contributed by atoms with Crippen molar-refractivity contribution in [3.8, 4) is 0 Å². The Morgan fingerprint density at radius 2 is 1.80 bits per heavy atom. The number of hydrogen-bond donors (Lipinski definition) is 0. The maximum Gasteiger partial charge on any atom is 0.274 e. The van der Waals surface area contributed by atoms with Crippen LogP contribution in [0.4, 0.5) is 0 Å². The van der Waals surface area contributed by atoms with Crippen LogP contribution in [0.25, 0.3) is 0 Å². The molecule has 0 heterocycles. The lowest BCUT2D eigenvalue weighted by Gasteiger charge is -2.21. The Labute approximate surface area is 104 Å². The molecule has 5 heteroatoms. The van der Waals surface area contributed by atoms with Crippen LogP contribution in [0, 0.1) is 0 Å². The second kappa shape index (κ2) is 5.06. The van der Waals surface area contributed by atoms with Gasteiger partial charge in [-0.1, -0.05) is 65.1 Å². The molecule has 2 nitrogen and oxygen atoms in total. The van der Waals surface area contributed by atoms with Crippen molar-refractivity contribution in [1.29, 1.82) is 0 Å². The molecule has 0 saturated heterocycles. The Hall–Kier alpha value is -0.440. The van der Waals surface area contributed by atoms with Crippen LogP contribution in [-0.2, 0) is 11.3 Å². The molecule has 0 unspecified atom stereocenters. The summed E-state index contributed by atoms with van der Waals surface area (Å²) in [5.74, 6) is -0.531. The monoisotopic (exact) mass is 265 g/mol. The van der Waals surface area contributed by atoms with Gasteiger partial charge in [-0.2, -0.15) is 0 Å². The second-order valence-electron chi connectivity index (χ2n) is 3.14. The van der Waals surface area contributed by atoms with Gasteiger partial charge in [0.1, 0.15) is 0 Å². The molecular weight excluding hydrogens is 256 g/mol. The van der Waals surface area contributed by atoms with Crippen molar-refractivity contribution in [2.45, 2.75) is 10.3 Å². The van der Waals surface area contributed by atoms with E-state index in [1.165, 1.54) is 4.90 Å². The van der Waals surface area contributed by atoms with Crippen molar-refractivity contribution in [2.75, 3.05) is 7.05 Å². The summed E-state index contributed by atoms with van der Waals surface area (Å²) in [6.45, 7) is 0.424. The Morgan fingerprint density at radius 1 is 1.27 bits per heavy atom. The number of hydrogen-bond acceptors (Lipinski definition) is 1. The summed E-state index contributed by atoms with van der Waals surface area (Å²) in [6.07, 6.45) is 0. The molecule has 0 saturated carbocycles. The third-order valence-electron chi connectivity index (χ3n) is 1.85. The highest BCUT2D eigenvalue weighted by atomic mass is 35.6. The van der Waals surface area contributed by atoms with Crippen molar-refractivity contribution in [3.63, 3.8) is 0 Å². The third kappa shape index (κ3) is 3.90. The summed E-state index contributed by atoms with van der Waals surface area (Å²) < 4.78 is -1.89. The fourth-order valence-electron chi connectivity index (χ4n) is 1.15. The first-order valence-corrected chi connectivity index (χ1v) is 5.41. The van der Waals surface area contributed by atoms with Crippen LogP contribution in [0.3, 0.4) is 0 Å². The molecule has 15 heavy (non-hydrogen) atoms. The van der Waals surface area contributed by atoms with Gasteiger partial charge in [-0.15, -0.1) is 0 Å². The quantitative estimate of drug-likeness (QED) is 0.754. The Kier molecular flexibility index (Phi) is 4.26. The van der Waals surface area contributed by atoms with Crippen LogP contribution in [-0.4, -0.2) is 21.6 Å². The highest BCUT2D eigenvalue weighted by molar-refractivity contribution is 6.76. The van der Waals surface area contributed by atoms with E-state index in [-0.39, 0.29) is 0 Å². The number of carbonyl (C=O) groups excluding carboxylic acids is 1. The average Bonchev–Trinajstić information content (AvgIpc) is 2.16. The van der Waals surface area contributed by atoms with Crippen molar-refractivity contribution >= 4 is 40.7 Å². The van der Waals surface area contributed by atoms with Gasteiger partial charge in [0, 0.05) is 13.6 Å². The predicted molar refractivity (Wildman–Crippen MR) is 63.2 cm³/mol. The summed E-state index contributed by atoms with van der Waals surface area (Å²) >= 11 is 16.5. The summed E-state index contributed by atoms with van der Waals surface area (Å²) in [6, 6.07) is 9.50. The lowest BCUT2D eigenvalue weighted by Crippen LogP contribution is -2.35. The van der Waals surface area contributed by atoms with Crippen LogP contribution >= 0.6 is 34.8 Å². The molecule has 0 N–H and O–H groups in total. The Bertz CT molecular complexity index is 334. The zero-order valence-electron chi connectivity index (χ0n) is 8.08. The van der Waals surface area contributed by atoms with E-state index in [1.54, 1.807) is 7.05 Å². The summed E-state index contributed by atoms with van der Waals surface area (Å²) in [5.41, 5.74) is 0.989. The first kappa shape index (κ1) is 12.6. The number of rotatable bonds is 2. The molecule has 0 aliphatic heterocycles. The SMILES string of the molecule is CN(Cc1ccccc1)C(=O)C(Cl)(Cl)Cl. The standard InChI is InChI=1S/C10H10Cl3NO/c1-14(9(15)10(11,12)13)7-8-5-3-2-4-6-8/h2-6H,7H2,1H3. The van der Waals surface area contributed by atoms with Crippen molar-refractivity contribution < 1.29 is 4.79 Å². The number of nitrogens with zero attached hydrogens (tertiary/aromatic N) is 1. The minimum atomic E-state index is -1.89. The molecule has 1 rings (SSSR count). The van der Waals surface area contributed by atoms with Gasteiger partial charge < -0.3 is 4.90 Å². The van der Waals surface area contributed by atoms with Crippen molar-refractivity contribution in [1.82, 2.24) is 4.90 Å². The number of alkyl halides is 3. The van der Waals surface area contributed by atoms with Crippen LogP contribution in [0.1, 0.15) is 5.56 Å². The molecule has 1 aromatic rings. The summed E-state index contributed by atoms with van der Waals surface area (Å²) in [4.78, 5) is 12.9. The summed E-state index contributed by atoms with van der Waals surface area (Å²) in [7, 11) is 1.59. The van der Waals surface area contributed by atoms with Gasteiger partial charge in [0.2, 0.25) is 0 Å². The average molecular weight is 267 g/mol. The normalized spacial score (nSPS) is 11.2.